The Hall–Kier alpha value is -1.43. The molecule has 2 heterocycles. The van der Waals surface area contributed by atoms with Gasteiger partial charge >= 0.3 is 0 Å². The van der Waals surface area contributed by atoms with Gasteiger partial charge in [-0.3, -0.25) is 9.78 Å². The lowest BCUT2D eigenvalue weighted by Crippen LogP contribution is -2.31. The third-order valence-corrected chi connectivity index (χ3v) is 4.94. The fourth-order valence-corrected chi connectivity index (χ4v) is 3.77. The monoisotopic (exact) mass is 336 g/mol. The van der Waals surface area contributed by atoms with Crippen LogP contribution in [-0.2, 0) is 0 Å². The normalized spacial score (nSPS) is 22.2. The smallest absolute Gasteiger partial charge is 0.255 e. The molecular weight excluding hydrogens is 320 g/mol. The van der Waals surface area contributed by atoms with E-state index < -0.39 is 0 Å². The first-order valence-corrected chi connectivity index (χ1v) is 8.03. The molecule has 0 saturated heterocycles. The maximum atomic E-state index is 12.3. The molecule has 1 aliphatic carbocycles. The van der Waals surface area contributed by atoms with E-state index in [-0.39, 0.29) is 5.91 Å². The van der Waals surface area contributed by atoms with Crippen LogP contribution in [0.2, 0.25) is 0 Å². The first-order chi connectivity index (χ1) is 9.79. The van der Waals surface area contributed by atoms with Gasteiger partial charge in [0.05, 0.1) is 23.5 Å². The summed E-state index contributed by atoms with van der Waals surface area (Å²) in [5.74, 6) is 1.20. The lowest BCUT2D eigenvalue weighted by molar-refractivity contribution is 0.0946. The van der Waals surface area contributed by atoms with E-state index in [1.54, 1.807) is 29.3 Å². The molecule has 2 unspecified atom stereocenters. The minimum atomic E-state index is -0.0618. The SMILES string of the molecule is O=C(NCC1CCCC1CBr)c1cnn2ccncc12. The summed E-state index contributed by atoms with van der Waals surface area (Å²) in [4.78, 5) is 16.3. The molecule has 2 aromatic rings. The summed E-state index contributed by atoms with van der Waals surface area (Å²) in [6.45, 7) is 0.743. The molecule has 0 aliphatic heterocycles. The van der Waals surface area contributed by atoms with Crippen LogP contribution in [0.1, 0.15) is 29.6 Å². The Kier molecular flexibility index (Phi) is 4.00. The van der Waals surface area contributed by atoms with Crippen LogP contribution in [0.4, 0.5) is 0 Å². The largest absolute Gasteiger partial charge is 0.352 e. The summed E-state index contributed by atoms with van der Waals surface area (Å²) in [5.41, 5.74) is 1.33. The van der Waals surface area contributed by atoms with E-state index in [4.69, 9.17) is 0 Å². The minimum Gasteiger partial charge on any atom is -0.352 e. The zero-order valence-electron chi connectivity index (χ0n) is 11.1. The number of aromatic nitrogens is 3. The summed E-state index contributed by atoms with van der Waals surface area (Å²) in [5, 5.41) is 8.22. The quantitative estimate of drug-likeness (QED) is 0.871. The molecule has 20 heavy (non-hydrogen) atoms. The second-order valence-electron chi connectivity index (χ2n) is 5.28. The van der Waals surface area contributed by atoms with Crippen molar-refractivity contribution in [3.8, 4) is 0 Å². The van der Waals surface area contributed by atoms with Crippen molar-refractivity contribution in [2.75, 3.05) is 11.9 Å². The Morgan fingerprint density at radius 3 is 3.10 bits per heavy atom. The number of fused-ring (bicyclic) bond motifs is 1. The molecule has 6 heteroatoms. The number of rotatable bonds is 4. The Bertz CT molecular complexity index is 612. The highest BCUT2D eigenvalue weighted by Gasteiger charge is 2.26. The summed E-state index contributed by atoms with van der Waals surface area (Å²) in [7, 11) is 0. The number of nitrogens with zero attached hydrogens (tertiary/aromatic N) is 3. The van der Waals surface area contributed by atoms with Crippen LogP contribution in [0.25, 0.3) is 5.52 Å². The van der Waals surface area contributed by atoms with Crippen molar-refractivity contribution in [1.82, 2.24) is 19.9 Å². The van der Waals surface area contributed by atoms with Gasteiger partial charge in [0.1, 0.15) is 0 Å². The van der Waals surface area contributed by atoms with Crippen molar-refractivity contribution in [3.05, 3.63) is 30.4 Å². The lowest BCUT2D eigenvalue weighted by Gasteiger charge is -2.17. The number of halogens is 1. The van der Waals surface area contributed by atoms with Crippen LogP contribution in [0.5, 0.6) is 0 Å². The van der Waals surface area contributed by atoms with Crippen LogP contribution in [0.3, 0.4) is 0 Å². The van der Waals surface area contributed by atoms with E-state index in [0.29, 0.717) is 17.4 Å². The lowest BCUT2D eigenvalue weighted by atomic mass is 9.98. The van der Waals surface area contributed by atoms with Crippen molar-refractivity contribution in [3.63, 3.8) is 0 Å². The average molecular weight is 337 g/mol. The van der Waals surface area contributed by atoms with E-state index in [1.807, 2.05) is 0 Å². The number of amides is 1. The average Bonchev–Trinajstić information content (AvgIpc) is 3.11. The maximum Gasteiger partial charge on any atom is 0.255 e. The van der Waals surface area contributed by atoms with Gasteiger partial charge in [-0.25, -0.2) is 4.52 Å². The zero-order chi connectivity index (χ0) is 13.9. The molecule has 3 rings (SSSR count). The van der Waals surface area contributed by atoms with Crippen LogP contribution < -0.4 is 5.32 Å². The van der Waals surface area contributed by atoms with Gasteiger partial charge in [-0.15, -0.1) is 0 Å². The second kappa shape index (κ2) is 5.91. The number of nitrogens with one attached hydrogen (secondary N) is 1. The molecule has 0 bridgehead atoms. The Morgan fingerprint density at radius 2 is 2.25 bits per heavy atom. The Balaban J connectivity index is 1.67. The summed E-state index contributed by atoms with van der Waals surface area (Å²) >= 11 is 3.56. The van der Waals surface area contributed by atoms with Gasteiger partial charge in [-0.2, -0.15) is 5.10 Å². The summed E-state index contributed by atoms with van der Waals surface area (Å²) in [6, 6.07) is 0. The van der Waals surface area contributed by atoms with Gasteiger partial charge in [0.2, 0.25) is 0 Å². The number of carbonyl (C=O) groups is 1. The molecular formula is C14H17BrN4O. The van der Waals surface area contributed by atoms with E-state index in [0.717, 1.165) is 17.4 Å². The van der Waals surface area contributed by atoms with Gasteiger partial charge in [-0.05, 0) is 24.7 Å². The van der Waals surface area contributed by atoms with Crippen LogP contribution in [0.15, 0.2) is 24.8 Å². The topological polar surface area (TPSA) is 59.3 Å². The van der Waals surface area contributed by atoms with Gasteiger partial charge in [0.15, 0.2) is 0 Å². The molecule has 2 aromatic heterocycles. The highest BCUT2D eigenvalue weighted by Crippen LogP contribution is 2.32. The van der Waals surface area contributed by atoms with Crippen LogP contribution >= 0.6 is 15.9 Å². The summed E-state index contributed by atoms with van der Waals surface area (Å²) in [6.07, 6.45) is 10.4. The molecule has 1 amide bonds. The van der Waals surface area contributed by atoms with Gasteiger partial charge in [0, 0.05) is 24.3 Å². The number of carbonyl (C=O) groups excluding carboxylic acids is 1. The number of hydrogen-bond donors (Lipinski definition) is 1. The van der Waals surface area contributed by atoms with Gasteiger partial charge in [-0.1, -0.05) is 22.4 Å². The molecule has 1 fully saturated rings. The van der Waals surface area contributed by atoms with Gasteiger partial charge < -0.3 is 5.32 Å². The number of alkyl halides is 1. The highest BCUT2D eigenvalue weighted by atomic mass is 79.9. The predicted octanol–water partition coefficient (Wildman–Crippen LogP) is 2.27. The Morgan fingerprint density at radius 1 is 1.40 bits per heavy atom. The van der Waals surface area contributed by atoms with E-state index in [9.17, 15) is 4.79 Å². The molecule has 1 N–H and O–H groups in total. The van der Waals surface area contributed by atoms with E-state index in [1.165, 1.54) is 19.3 Å². The second-order valence-corrected chi connectivity index (χ2v) is 5.93. The van der Waals surface area contributed by atoms with Crippen molar-refractivity contribution >= 4 is 27.4 Å². The first kappa shape index (κ1) is 13.5. The van der Waals surface area contributed by atoms with Crippen molar-refractivity contribution < 1.29 is 4.79 Å². The molecule has 0 spiro atoms. The fraction of sp³-hybridized carbons (Fsp3) is 0.500. The maximum absolute atomic E-state index is 12.3. The molecule has 1 saturated carbocycles. The molecule has 0 aromatic carbocycles. The molecule has 0 radical (unpaired) electrons. The van der Waals surface area contributed by atoms with Gasteiger partial charge in [0.25, 0.3) is 5.91 Å². The van der Waals surface area contributed by atoms with E-state index >= 15 is 0 Å². The molecule has 1 aliphatic rings. The molecule has 106 valence electrons. The van der Waals surface area contributed by atoms with Crippen molar-refractivity contribution in [1.29, 1.82) is 0 Å². The minimum absolute atomic E-state index is 0.0618. The highest BCUT2D eigenvalue weighted by molar-refractivity contribution is 9.09. The fourth-order valence-electron chi connectivity index (χ4n) is 2.91. The zero-order valence-corrected chi connectivity index (χ0v) is 12.7. The van der Waals surface area contributed by atoms with Crippen molar-refractivity contribution in [2.24, 2.45) is 11.8 Å². The molecule has 2 atom stereocenters. The Labute approximate surface area is 125 Å². The van der Waals surface area contributed by atoms with Crippen LogP contribution in [0, 0.1) is 11.8 Å². The van der Waals surface area contributed by atoms with E-state index in [2.05, 4.69) is 31.3 Å². The predicted molar refractivity (Wildman–Crippen MR) is 79.9 cm³/mol. The third-order valence-electron chi connectivity index (χ3n) is 4.11. The summed E-state index contributed by atoms with van der Waals surface area (Å²) < 4.78 is 1.67. The first-order valence-electron chi connectivity index (χ1n) is 6.91. The van der Waals surface area contributed by atoms with Crippen LogP contribution in [-0.4, -0.2) is 32.4 Å². The number of hydrogen-bond acceptors (Lipinski definition) is 3. The van der Waals surface area contributed by atoms with Crippen molar-refractivity contribution in [2.45, 2.75) is 19.3 Å². The third kappa shape index (κ3) is 2.57. The molecule has 5 nitrogen and oxygen atoms in total. The standard InChI is InChI=1S/C14H17BrN4O/c15-6-10-2-1-3-11(10)7-17-14(20)12-8-18-19-5-4-16-9-13(12)19/h4-5,8-11H,1-3,6-7H2,(H,17,20).